The molecular formula is C19H22N2O3. The average Bonchev–Trinajstić information content (AvgIpc) is 3.04. The van der Waals surface area contributed by atoms with E-state index in [1.54, 1.807) is 12.0 Å². The summed E-state index contributed by atoms with van der Waals surface area (Å²) in [5.41, 5.74) is 6.54. The molecule has 2 aromatic rings. The van der Waals surface area contributed by atoms with Gasteiger partial charge in [-0.15, -0.1) is 0 Å². The van der Waals surface area contributed by atoms with E-state index in [0.29, 0.717) is 25.8 Å². The van der Waals surface area contributed by atoms with Gasteiger partial charge in [-0.3, -0.25) is 9.59 Å². The lowest BCUT2D eigenvalue weighted by molar-refractivity contribution is -0.137. The Labute approximate surface area is 141 Å². The highest BCUT2D eigenvalue weighted by Crippen LogP contribution is 2.22. The number of nitrogens with two attached hydrogens (primary N) is 1. The highest BCUT2D eigenvalue weighted by atomic mass is 16.5. The molecule has 0 bridgehead atoms. The van der Waals surface area contributed by atoms with Crippen LogP contribution in [0.5, 0.6) is 0 Å². The molecule has 1 saturated heterocycles. The number of primary amides is 1. The van der Waals surface area contributed by atoms with Gasteiger partial charge in [-0.2, -0.15) is 0 Å². The molecular weight excluding hydrogens is 304 g/mol. The summed E-state index contributed by atoms with van der Waals surface area (Å²) in [4.78, 5) is 25.7. The van der Waals surface area contributed by atoms with E-state index in [4.69, 9.17) is 10.5 Å². The van der Waals surface area contributed by atoms with Crippen LogP contribution in [0, 0.1) is 0 Å². The maximum Gasteiger partial charge on any atom is 0.240 e. The third kappa shape index (κ3) is 3.41. The molecule has 0 aromatic heterocycles. The fourth-order valence-electron chi connectivity index (χ4n) is 3.30. The van der Waals surface area contributed by atoms with Crippen LogP contribution in [0.2, 0.25) is 0 Å². The normalized spacial score (nSPS) is 20.5. The van der Waals surface area contributed by atoms with Crippen molar-refractivity contribution in [2.24, 2.45) is 5.73 Å². The van der Waals surface area contributed by atoms with E-state index in [0.717, 1.165) is 10.9 Å². The van der Waals surface area contributed by atoms with Gasteiger partial charge in [0.2, 0.25) is 11.8 Å². The zero-order valence-electron chi connectivity index (χ0n) is 13.8. The van der Waals surface area contributed by atoms with Crippen molar-refractivity contribution in [2.45, 2.75) is 31.4 Å². The van der Waals surface area contributed by atoms with E-state index in [1.165, 1.54) is 5.39 Å². The van der Waals surface area contributed by atoms with Crippen LogP contribution in [0.15, 0.2) is 42.5 Å². The summed E-state index contributed by atoms with van der Waals surface area (Å²) in [7, 11) is 1.59. The summed E-state index contributed by atoms with van der Waals surface area (Å²) in [5.74, 6) is -0.514. The molecule has 24 heavy (non-hydrogen) atoms. The van der Waals surface area contributed by atoms with Gasteiger partial charge < -0.3 is 15.4 Å². The molecule has 0 radical (unpaired) electrons. The number of rotatable bonds is 5. The molecule has 2 atom stereocenters. The number of methoxy groups -OCH3 is 1. The van der Waals surface area contributed by atoms with Crippen molar-refractivity contribution in [3.63, 3.8) is 0 Å². The first-order valence-electron chi connectivity index (χ1n) is 8.17. The number of hydrogen-bond donors (Lipinski definition) is 1. The lowest BCUT2D eigenvalue weighted by atomic mass is 10.0. The second kappa shape index (κ2) is 7.01. The number of fused-ring (bicyclic) bond motifs is 1. The quantitative estimate of drug-likeness (QED) is 0.912. The van der Waals surface area contributed by atoms with Gasteiger partial charge in [-0.25, -0.2) is 0 Å². The van der Waals surface area contributed by atoms with E-state index >= 15 is 0 Å². The Bertz CT molecular complexity index is 759. The third-order valence-corrected chi connectivity index (χ3v) is 4.69. The molecule has 5 heteroatoms. The van der Waals surface area contributed by atoms with Gasteiger partial charge in [-0.05, 0) is 22.8 Å². The first-order valence-corrected chi connectivity index (χ1v) is 8.17. The topological polar surface area (TPSA) is 72.6 Å². The average molecular weight is 326 g/mol. The van der Waals surface area contributed by atoms with E-state index in [2.05, 4.69) is 24.3 Å². The Morgan fingerprint density at radius 2 is 1.96 bits per heavy atom. The van der Waals surface area contributed by atoms with Gasteiger partial charge in [0, 0.05) is 26.5 Å². The molecule has 1 aliphatic heterocycles. The van der Waals surface area contributed by atoms with Crippen LogP contribution in [0.3, 0.4) is 0 Å². The van der Waals surface area contributed by atoms with Crippen molar-refractivity contribution < 1.29 is 14.3 Å². The summed E-state index contributed by atoms with van der Waals surface area (Å²) >= 11 is 0. The van der Waals surface area contributed by atoms with Crippen molar-refractivity contribution in [3.05, 3.63) is 48.0 Å². The molecule has 126 valence electrons. The van der Waals surface area contributed by atoms with Gasteiger partial charge in [0.15, 0.2) is 0 Å². The molecule has 1 heterocycles. The number of aryl methyl sites for hydroxylation is 1. The van der Waals surface area contributed by atoms with Crippen LogP contribution in [-0.4, -0.2) is 42.5 Å². The Morgan fingerprint density at radius 3 is 2.67 bits per heavy atom. The molecule has 1 aliphatic rings. The van der Waals surface area contributed by atoms with Gasteiger partial charge in [0.25, 0.3) is 0 Å². The number of ether oxygens (including phenoxy) is 1. The van der Waals surface area contributed by atoms with Crippen molar-refractivity contribution >= 4 is 22.6 Å². The lowest BCUT2D eigenvalue weighted by Crippen LogP contribution is -2.43. The summed E-state index contributed by atoms with van der Waals surface area (Å²) in [6.07, 6.45) is 1.36. The minimum atomic E-state index is -0.556. The van der Waals surface area contributed by atoms with Crippen LogP contribution in [0.1, 0.15) is 18.4 Å². The molecule has 2 N–H and O–H groups in total. The Morgan fingerprint density at radius 1 is 1.21 bits per heavy atom. The van der Waals surface area contributed by atoms with Crippen molar-refractivity contribution in [1.29, 1.82) is 0 Å². The van der Waals surface area contributed by atoms with Gasteiger partial charge in [0.1, 0.15) is 6.04 Å². The summed E-state index contributed by atoms with van der Waals surface area (Å²) in [6.45, 7) is 0.431. The molecule has 1 fully saturated rings. The third-order valence-electron chi connectivity index (χ3n) is 4.69. The fourth-order valence-corrected chi connectivity index (χ4v) is 3.30. The molecule has 3 rings (SSSR count). The number of benzene rings is 2. The Hall–Kier alpha value is -2.40. The number of amides is 2. The van der Waals surface area contributed by atoms with Crippen molar-refractivity contribution in [3.8, 4) is 0 Å². The first kappa shape index (κ1) is 16.5. The van der Waals surface area contributed by atoms with Crippen LogP contribution < -0.4 is 5.73 Å². The SMILES string of the molecule is CO[C@H]1C[C@@H](C(N)=O)N(C(=O)CCc2ccc3ccccc3c2)C1. The van der Waals surface area contributed by atoms with Gasteiger partial charge in [-0.1, -0.05) is 42.5 Å². The Kier molecular flexibility index (Phi) is 4.81. The smallest absolute Gasteiger partial charge is 0.240 e. The van der Waals surface area contributed by atoms with E-state index in [-0.39, 0.29) is 12.0 Å². The van der Waals surface area contributed by atoms with E-state index in [9.17, 15) is 9.59 Å². The maximum absolute atomic E-state index is 12.5. The molecule has 0 aliphatic carbocycles. The van der Waals surface area contributed by atoms with Crippen molar-refractivity contribution in [1.82, 2.24) is 4.90 Å². The van der Waals surface area contributed by atoms with E-state index in [1.807, 2.05) is 18.2 Å². The van der Waals surface area contributed by atoms with Crippen molar-refractivity contribution in [2.75, 3.05) is 13.7 Å². The van der Waals surface area contributed by atoms with E-state index < -0.39 is 11.9 Å². The van der Waals surface area contributed by atoms with Crippen LogP contribution in [0.25, 0.3) is 10.8 Å². The molecule has 2 aromatic carbocycles. The lowest BCUT2D eigenvalue weighted by Gasteiger charge is -2.22. The van der Waals surface area contributed by atoms with Gasteiger partial charge >= 0.3 is 0 Å². The molecule has 2 amide bonds. The van der Waals surface area contributed by atoms with Crippen LogP contribution in [-0.2, 0) is 20.7 Å². The number of carbonyl (C=O) groups excluding carboxylic acids is 2. The second-order valence-corrected chi connectivity index (χ2v) is 6.24. The molecule has 0 saturated carbocycles. The Balaban J connectivity index is 1.66. The highest BCUT2D eigenvalue weighted by molar-refractivity contribution is 5.87. The number of carbonyl (C=O) groups is 2. The predicted octanol–water partition coefficient (Wildman–Crippen LogP) is 1.87. The maximum atomic E-state index is 12.5. The number of nitrogens with zero attached hydrogens (tertiary/aromatic N) is 1. The van der Waals surface area contributed by atoms with Crippen LogP contribution in [0.4, 0.5) is 0 Å². The first-order chi connectivity index (χ1) is 11.6. The number of hydrogen-bond acceptors (Lipinski definition) is 3. The zero-order valence-corrected chi connectivity index (χ0v) is 13.8. The fraction of sp³-hybridized carbons (Fsp3) is 0.368. The highest BCUT2D eigenvalue weighted by Gasteiger charge is 2.38. The largest absolute Gasteiger partial charge is 0.380 e. The number of likely N-dealkylation sites (tertiary alicyclic amines) is 1. The minimum Gasteiger partial charge on any atom is -0.380 e. The zero-order chi connectivity index (χ0) is 17.1. The summed E-state index contributed by atoms with van der Waals surface area (Å²) in [6, 6.07) is 13.8. The van der Waals surface area contributed by atoms with Crippen LogP contribution >= 0.6 is 0 Å². The summed E-state index contributed by atoms with van der Waals surface area (Å²) < 4.78 is 5.28. The monoisotopic (exact) mass is 326 g/mol. The molecule has 5 nitrogen and oxygen atoms in total. The minimum absolute atomic E-state index is 0.0495. The standard InChI is InChI=1S/C19H22N2O3/c1-24-16-11-17(19(20)23)21(12-16)18(22)9-7-13-6-8-14-4-2-3-5-15(14)10-13/h2-6,8,10,16-17H,7,9,11-12H2,1H3,(H2,20,23)/t16-,17-/m0/s1. The molecule has 0 spiro atoms. The van der Waals surface area contributed by atoms with Gasteiger partial charge in [0.05, 0.1) is 6.10 Å². The second-order valence-electron chi connectivity index (χ2n) is 6.24. The predicted molar refractivity (Wildman–Crippen MR) is 92.4 cm³/mol. The molecule has 0 unspecified atom stereocenters. The summed E-state index contributed by atoms with van der Waals surface area (Å²) in [5, 5.41) is 2.35.